The van der Waals surface area contributed by atoms with Crippen LogP contribution in [0.1, 0.15) is 23.7 Å². The normalized spacial score (nSPS) is 12.6. The molecule has 2 rings (SSSR count). The standard InChI is InChI=1S/C12H12O3/c1-8(2)5-10(13)9-3-4-11-12(6-9)15-7-14-11/h3-4,6H,1,5,7H2,2H3. The first kappa shape index (κ1) is 9.77. The van der Waals surface area contributed by atoms with Crippen molar-refractivity contribution >= 4 is 5.78 Å². The highest BCUT2D eigenvalue weighted by Crippen LogP contribution is 2.32. The lowest BCUT2D eigenvalue weighted by atomic mass is 10.0. The van der Waals surface area contributed by atoms with Crippen molar-refractivity contribution in [2.75, 3.05) is 6.79 Å². The number of hydrogen-bond donors (Lipinski definition) is 0. The second-order valence-electron chi connectivity index (χ2n) is 3.63. The van der Waals surface area contributed by atoms with Crippen molar-refractivity contribution in [1.82, 2.24) is 0 Å². The highest BCUT2D eigenvalue weighted by atomic mass is 16.7. The predicted octanol–water partition coefficient (Wildman–Crippen LogP) is 2.56. The summed E-state index contributed by atoms with van der Waals surface area (Å²) in [6.07, 6.45) is 0.375. The molecule has 1 aromatic rings. The summed E-state index contributed by atoms with van der Waals surface area (Å²) in [5.74, 6) is 1.39. The fourth-order valence-electron chi connectivity index (χ4n) is 1.45. The van der Waals surface area contributed by atoms with Gasteiger partial charge in [0, 0.05) is 12.0 Å². The first-order chi connectivity index (χ1) is 7.16. The SMILES string of the molecule is C=C(C)CC(=O)c1ccc2c(c1)OCO2. The van der Waals surface area contributed by atoms with Crippen molar-refractivity contribution in [3.05, 3.63) is 35.9 Å². The zero-order valence-electron chi connectivity index (χ0n) is 8.58. The van der Waals surface area contributed by atoms with Gasteiger partial charge in [0.05, 0.1) is 0 Å². The molecule has 78 valence electrons. The topological polar surface area (TPSA) is 35.5 Å². The van der Waals surface area contributed by atoms with Crippen LogP contribution in [0.2, 0.25) is 0 Å². The molecular formula is C12H12O3. The van der Waals surface area contributed by atoms with Gasteiger partial charge in [-0.05, 0) is 25.1 Å². The van der Waals surface area contributed by atoms with E-state index < -0.39 is 0 Å². The minimum absolute atomic E-state index is 0.0563. The summed E-state index contributed by atoms with van der Waals surface area (Å²) in [5.41, 5.74) is 1.50. The average Bonchev–Trinajstić information content (AvgIpc) is 2.62. The monoisotopic (exact) mass is 204 g/mol. The van der Waals surface area contributed by atoms with E-state index in [1.165, 1.54) is 0 Å². The Morgan fingerprint density at radius 3 is 2.87 bits per heavy atom. The smallest absolute Gasteiger partial charge is 0.231 e. The van der Waals surface area contributed by atoms with Crippen LogP contribution in [-0.4, -0.2) is 12.6 Å². The van der Waals surface area contributed by atoms with Crippen LogP contribution in [0, 0.1) is 0 Å². The van der Waals surface area contributed by atoms with Gasteiger partial charge in [0.25, 0.3) is 0 Å². The number of carbonyl (C=O) groups is 1. The van der Waals surface area contributed by atoms with Crippen LogP contribution >= 0.6 is 0 Å². The van der Waals surface area contributed by atoms with E-state index in [9.17, 15) is 4.79 Å². The van der Waals surface area contributed by atoms with E-state index in [1.54, 1.807) is 18.2 Å². The maximum absolute atomic E-state index is 11.7. The molecule has 0 atom stereocenters. The summed E-state index contributed by atoms with van der Waals surface area (Å²) in [5, 5.41) is 0. The summed E-state index contributed by atoms with van der Waals surface area (Å²) >= 11 is 0. The Bertz CT molecular complexity index is 421. The van der Waals surface area contributed by atoms with E-state index in [2.05, 4.69) is 6.58 Å². The second kappa shape index (κ2) is 3.77. The summed E-state index contributed by atoms with van der Waals surface area (Å²) in [7, 11) is 0. The molecule has 0 aliphatic carbocycles. The number of benzene rings is 1. The minimum atomic E-state index is 0.0563. The van der Waals surface area contributed by atoms with Crippen LogP contribution < -0.4 is 9.47 Å². The van der Waals surface area contributed by atoms with Gasteiger partial charge < -0.3 is 9.47 Å². The number of Topliss-reactive ketones (excluding diaryl/α,β-unsaturated/α-hetero) is 1. The summed E-state index contributed by atoms with van der Waals surface area (Å²) in [6.45, 7) is 5.78. The van der Waals surface area contributed by atoms with E-state index in [0.717, 1.165) is 5.57 Å². The molecule has 0 aromatic heterocycles. The molecule has 0 N–H and O–H groups in total. The fraction of sp³-hybridized carbons (Fsp3) is 0.250. The minimum Gasteiger partial charge on any atom is -0.454 e. The molecule has 0 fully saturated rings. The van der Waals surface area contributed by atoms with Gasteiger partial charge in [0.15, 0.2) is 17.3 Å². The molecular weight excluding hydrogens is 192 g/mol. The molecule has 0 bridgehead atoms. The first-order valence-electron chi connectivity index (χ1n) is 4.74. The zero-order chi connectivity index (χ0) is 10.8. The number of rotatable bonds is 3. The van der Waals surface area contributed by atoms with Crippen LogP contribution in [0.15, 0.2) is 30.4 Å². The summed E-state index contributed by atoms with van der Waals surface area (Å²) in [6, 6.07) is 5.22. The summed E-state index contributed by atoms with van der Waals surface area (Å²) in [4.78, 5) is 11.7. The fourth-order valence-corrected chi connectivity index (χ4v) is 1.45. The third kappa shape index (κ3) is 2.01. The number of fused-ring (bicyclic) bond motifs is 1. The van der Waals surface area contributed by atoms with E-state index in [-0.39, 0.29) is 12.6 Å². The molecule has 3 heteroatoms. The Labute approximate surface area is 88.3 Å². The number of allylic oxidation sites excluding steroid dienone is 1. The molecule has 0 saturated heterocycles. The number of carbonyl (C=O) groups excluding carboxylic acids is 1. The Morgan fingerprint density at radius 2 is 2.13 bits per heavy atom. The van der Waals surface area contributed by atoms with Crippen molar-refractivity contribution in [1.29, 1.82) is 0 Å². The van der Waals surface area contributed by atoms with Crippen molar-refractivity contribution in [3.8, 4) is 11.5 Å². The molecule has 0 saturated carbocycles. The van der Waals surface area contributed by atoms with E-state index in [0.29, 0.717) is 23.5 Å². The first-order valence-corrected chi connectivity index (χ1v) is 4.74. The van der Waals surface area contributed by atoms with E-state index >= 15 is 0 Å². The van der Waals surface area contributed by atoms with Gasteiger partial charge in [0.2, 0.25) is 6.79 Å². The van der Waals surface area contributed by atoms with E-state index in [4.69, 9.17) is 9.47 Å². The van der Waals surface area contributed by atoms with Gasteiger partial charge in [-0.2, -0.15) is 0 Å². The Morgan fingerprint density at radius 1 is 1.40 bits per heavy atom. The van der Waals surface area contributed by atoms with Crippen LogP contribution in [-0.2, 0) is 0 Å². The number of hydrogen-bond acceptors (Lipinski definition) is 3. The highest BCUT2D eigenvalue weighted by molar-refractivity contribution is 5.98. The van der Waals surface area contributed by atoms with Gasteiger partial charge in [-0.25, -0.2) is 0 Å². The number of ketones is 1. The maximum atomic E-state index is 11.7. The Hall–Kier alpha value is -1.77. The zero-order valence-corrected chi connectivity index (χ0v) is 8.58. The molecule has 1 aliphatic heterocycles. The third-order valence-electron chi connectivity index (χ3n) is 2.16. The van der Waals surface area contributed by atoms with Crippen LogP contribution in [0.25, 0.3) is 0 Å². The number of ether oxygens (including phenoxy) is 2. The van der Waals surface area contributed by atoms with Crippen molar-refractivity contribution < 1.29 is 14.3 Å². The van der Waals surface area contributed by atoms with Gasteiger partial charge in [-0.15, -0.1) is 0 Å². The molecule has 0 amide bonds. The lowest BCUT2D eigenvalue weighted by Gasteiger charge is -2.01. The van der Waals surface area contributed by atoms with Gasteiger partial charge in [-0.1, -0.05) is 12.2 Å². The lowest BCUT2D eigenvalue weighted by molar-refractivity contribution is 0.0992. The second-order valence-corrected chi connectivity index (χ2v) is 3.63. The van der Waals surface area contributed by atoms with Crippen molar-refractivity contribution in [2.45, 2.75) is 13.3 Å². The average molecular weight is 204 g/mol. The molecule has 0 spiro atoms. The molecule has 1 aliphatic rings. The lowest BCUT2D eigenvalue weighted by Crippen LogP contribution is -1.98. The summed E-state index contributed by atoms with van der Waals surface area (Å²) < 4.78 is 10.4. The molecule has 1 heterocycles. The molecule has 3 nitrogen and oxygen atoms in total. The van der Waals surface area contributed by atoms with Crippen LogP contribution in [0.5, 0.6) is 11.5 Å². The Balaban J connectivity index is 2.23. The van der Waals surface area contributed by atoms with Gasteiger partial charge in [0.1, 0.15) is 0 Å². The molecule has 1 aromatic carbocycles. The largest absolute Gasteiger partial charge is 0.454 e. The van der Waals surface area contributed by atoms with Crippen molar-refractivity contribution in [3.63, 3.8) is 0 Å². The molecule has 15 heavy (non-hydrogen) atoms. The Kier molecular flexibility index (Phi) is 2.46. The maximum Gasteiger partial charge on any atom is 0.231 e. The van der Waals surface area contributed by atoms with Gasteiger partial charge >= 0.3 is 0 Å². The molecule has 0 radical (unpaired) electrons. The molecule has 0 unspecified atom stereocenters. The van der Waals surface area contributed by atoms with Gasteiger partial charge in [-0.3, -0.25) is 4.79 Å². The quantitative estimate of drug-likeness (QED) is 0.560. The predicted molar refractivity (Wildman–Crippen MR) is 56.3 cm³/mol. The third-order valence-corrected chi connectivity index (χ3v) is 2.16. The van der Waals surface area contributed by atoms with E-state index in [1.807, 2.05) is 6.92 Å². The van der Waals surface area contributed by atoms with Crippen molar-refractivity contribution in [2.24, 2.45) is 0 Å². The highest BCUT2D eigenvalue weighted by Gasteiger charge is 2.15. The van der Waals surface area contributed by atoms with Crippen LogP contribution in [0.4, 0.5) is 0 Å². The van der Waals surface area contributed by atoms with Crippen LogP contribution in [0.3, 0.4) is 0 Å².